The SMILES string of the molecule is CC(=O)O[C@H]1C[C@@]2(C)C(C[C@@H](O)C3[C@@]4(C)CC[C@H](O)[C@@H](C)C4CC[C@@]32C)C1=C(CCC=C(C)C)C(=O)NCCCCCCCCNCCCCCCCCN. The number of hydrogen-bond donors (Lipinski definition) is 5. The smallest absolute Gasteiger partial charge is 0.303 e. The van der Waals surface area contributed by atoms with Gasteiger partial charge >= 0.3 is 5.97 Å². The van der Waals surface area contributed by atoms with Crippen molar-refractivity contribution >= 4 is 11.9 Å². The van der Waals surface area contributed by atoms with Crippen LogP contribution in [0, 0.1) is 39.9 Å². The Morgan fingerprint density at radius 3 is 2.02 bits per heavy atom. The molecule has 6 N–H and O–H groups in total. The molecule has 8 heteroatoms. The van der Waals surface area contributed by atoms with Crippen molar-refractivity contribution < 1.29 is 24.5 Å². The first-order chi connectivity index (χ1) is 26.2. The molecule has 1 amide bonds. The van der Waals surface area contributed by atoms with Crippen molar-refractivity contribution in [2.24, 2.45) is 45.7 Å². The number of rotatable bonds is 22. The Balaban J connectivity index is 1.39. The lowest BCUT2D eigenvalue weighted by molar-refractivity contribution is -0.234. The van der Waals surface area contributed by atoms with Crippen molar-refractivity contribution in [2.45, 2.75) is 195 Å². The molecule has 3 unspecified atom stereocenters. The fourth-order valence-electron chi connectivity index (χ4n) is 12.4. The molecule has 4 saturated carbocycles. The largest absolute Gasteiger partial charge is 0.458 e. The number of nitrogens with two attached hydrogens (primary N) is 1. The monoisotopic (exact) mass is 770 g/mol. The number of esters is 1. The molecule has 0 bridgehead atoms. The van der Waals surface area contributed by atoms with E-state index >= 15 is 0 Å². The highest BCUT2D eigenvalue weighted by Crippen LogP contribution is 2.74. The van der Waals surface area contributed by atoms with Gasteiger partial charge in [-0.25, -0.2) is 0 Å². The van der Waals surface area contributed by atoms with E-state index in [9.17, 15) is 19.8 Å². The number of carbonyl (C=O) groups is 2. The van der Waals surface area contributed by atoms with Crippen LogP contribution in [0.4, 0.5) is 0 Å². The van der Waals surface area contributed by atoms with E-state index in [1.807, 2.05) is 0 Å². The van der Waals surface area contributed by atoms with Gasteiger partial charge in [-0.1, -0.05) is 90.7 Å². The molecular formula is C47H83N3O5. The van der Waals surface area contributed by atoms with Crippen LogP contribution in [-0.4, -0.2) is 66.6 Å². The van der Waals surface area contributed by atoms with Crippen LogP contribution in [0.25, 0.3) is 0 Å². The van der Waals surface area contributed by atoms with Crippen LogP contribution in [0.1, 0.15) is 177 Å². The Kier molecular flexibility index (Phi) is 17.8. The fraction of sp³-hybridized carbons (Fsp3) is 0.872. The van der Waals surface area contributed by atoms with E-state index in [-0.39, 0.29) is 52.0 Å². The lowest BCUT2D eigenvalue weighted by Gasteiger charge is -2.69. The predicted octanol–water partition coefficient (Wildman–Crippen LogP) is 8.93. The number of aliphatic hydroxyl groups excluding tert-OH is 2. The van der Waals surface area contributed by atoms with Gasteiger partial charge in [-0.15, -0.1) is 0 Å². The normalized spacial score (nSPS) is 35.0. The molecular weight excluding hydrogens is 687 g/mol. The van der Waals surface area contributed by atoms with Gasteiger partial charge in [0.1, 0.15) is 6.10 Å². The quantitative estimate of drug-likeness (QED) is 0.0321. The van der Waals surface area contributed by atoms with Crippen molar-refractivity contribution in [2.75, 3.05) is 26.2 Å². The van der Waals surface area contributed by atoms with E-state index in [0.717, 1.165) is 82.1 Å². The second-order valence-corrected chi connectivity index (χ2v) is 19.4. The summed E-state index contributed by atoms with van der Waals surface area (Å²) in [6.45, 7) is 18.7. The number of carbonyl (C=O) groups excluding carboxylic acids is 2. The number of ether oxygens (including phenoxy) is 1. The lowest BCUT2D eigenvalue weighted by Crippen LogP contribution is -2.65. The molecule has 0 radical (unpaired) electrons. The van der Waals surface area contributed by atoms with Gasteiger partial charge in [0, 0.05) is 19.0 Å². The molecule has 0 aliphatic heterocycles. The van der Waals surface area contributed by atoms with Gasteiger partial charge in [0.2, 0.25) is 5.91 Å². The maximum absolute atomic E-state index is 14.3. The van der Waals surface area contributed by atoms with Crippen molar-refractivity contribution in [3.8, 4) is 0 Å². The molecule has 0 aromatic rings. The number of allylic oxidation sites excluding steroid dienone is 2. The molecule has 4 fully saturated rings. The third kappa shape index (κ3) is 11.1. The molecule has 0 saturated heterocycles. The average Bonchev–Trinajstić information content (AvgIpc) is 3.40. The summed E-state index contributed by atoms with van der Waals surface area (Å²) in [7, 11) is 0. The van der Waals surface area contributed by atoms with Gasteiger partial charge in [0.25, 0.3) is 0 Å². The maximum atomic E-state index is 14.3. The molecule has 10 atom stereocenters. The van der Waals surface area contributed by atoms with E-state index in [1.165, 1.54) is 70.3 Å². The first-order valence-electron chi connectivity index (χ1n) is 22.8. The van der Waals surface area contributed by atoms with Gasteiger partial charge < -0.3 is 31.3 Å². The van der Waals surface area contributed by atoms with Gasteiger partial charge in [-0.2, -0.15) is 0 Å². The molecule has 316 valence electrons. The Morgan fingerprint density at radius 1 is 0.818 bits per heavy atom. The third-order valence-electron chi connectivity index (χ3n) is 15.5. The predicted molar refractivity (Wildman–Crippen MR) is 225 cm³/mol. The van der Waals surface area contributed by atoms with Crippen LogP contribution in [0.15, 0.2) is 22.8 Å². The van der Waals surface area contributed by atoms with Crippen molar-refractivity contribution in [1.29, 1.82) is 0 Å². The Bertz CT molecular complexity index is 1290. The van der Waals surface area contributed by atoms with Gasteiger partial charge in [-0.05, 0) is 156 Å². The number of aliphatic hydroxyl groups is 2. The van der Waals surface area contributed by atoms with E-state index in [0.29, 0.717) is 31.7 Å². The molecule has 4 aliphatic carbocycles. The zero-order valence-corrected chi connectivity index (χ0v) is 36.3. The highest BCUT2D eigenvalue weighted by molar-refractivity contribution is 5.94. The first-order valence-corrected chi connectivity index (χ1v) is 22.8. The number of amides is 1. The topological polar surface area (TPSA) is 134 Å². The van der Waals surface area contributed by atoms with Gasteiger partial charge in [0.05, 0.1) is 12.2 Å². The van der Waals surface area contributed by atoms with Crippen molar-refractivity contribution in [3.63, 3.8) is 0 Å². The maximum Gasteiger partial charge on any atom is 0.303 e. The second-order valence-electron chi connectivity index (χ2n) is 19.4. The minimum atomic E-state index is -0.524. The zero-order chi connectivity index (χ0) is 40.2. The summed E-state index contributed by atoms with van der Waals surface area (Å²) in [5, 5.41) is 30.1. The third-order valence-corrected chi connectivity index (χ3v) is 15.5. The van der Waals surface area contributed by atoms with Crippen LogP contribution in [0.2, 0.25) is 0 Å². The number of unbranched alkanes of at least 4 members (excludes halogenated alkanes) is 10. The summed E-state index contributed by atoms with van der Waals surface area (Å²) < 4.78 is 6.19. The summed E-state index contributed by atoms with van der Waals surface area (Å²) in [6.07, 6.45) is 21.7. The summed E-state index contributed by atoms with van der Waals surface area (Å²) >= 11 is 0. The molecule has 0 aromatic heterocycles. The van der Waals surface area contributed by atoms with Crippen LogP contribution in [0.3, 0.4) is 0 Å². The van der Waals surface area contributed by atoms with Crippen LogP contribution in [0.5, 0.6) is 0 Å². The van der Waals surface area contributed by atoms with Crippen LogP contribution in [-0.2, 0) is 14.3 Å². The molecule has 0 aromatic carbocycles. The van der Waals surface area contributed by atoms with Gasteiger partial charge in [0.15, 0.2) is 0 Å². The van der Waals surface area contributed by atoms with Crippen LogP contribution >= 0.6 is 0 Å². The van der Waals surface area contributed by atoms with Crippen molar-refractivity contribution in [3.05, 3.63) is 22.8 Å². The standard InChI is InChI=1S/C47H83N3O5/c1-33(2)21-20-22-36(44(54)50-30-19-15-11-10-14-18-29-49-28-17-13-9-8-12-16-27-48)42-38-31-40(53)43-45(5)25-24-39(52)34(3)37(45)23-26-46(43,6)47(38,7)32-41(42)55-35(4)51/h21,34,37-41,43,49,52-53H,8-20,22-32,48H2,1-7H3,(H,50,54)/t34-,37?,38?,39-,40+,41-,43?,45-,46-,47-/m0/s1. The highest BCUT2D eigenvalue weighted by atomic mass is 16.5. The Labute approximate surface area is 336 Å². The number of nitrogens with one attached hydrogen (secondary N) is 2. The zero-order valence-electron chi connectivity index (χ0n) is 36.3. The summed E-state index contributed by atoms with van der Waals surface area (Å²) in [5.41, 5.74) is 8.00. The summed E-state index contributed by atoms with van der Waals surface area (Å²) in [5.74, 6) is 0.263. The molecule has 0 spiro atoms. The minimum Gasteiger partial charge on any atom is -0.458 e. The molecule has 4 rings (SSSR count). The van der Waals surface area contributed by atoms with Gasteiger partial charge in [-0.3, -0.25) is 9.59 Å². The van der Waals surface area contributed by atoms with E-state index in [1.54, 1.807) is 0 Å². The Hall–Kier alpha value is -1.74. The van der Waals surface area contributed by atoms with E-state index < -0.39 is 12.2 Å². The lowest BCUT2D eigenvalue weighted by atomic mass is 9.36. The number of fused-ring (bicyclic) bond motifs is 5. The van der Waals surface area contributed by atoms with E-state index in [2.05, 4.69) is 58.3 Å². The highest BCUT2D eigenvalue weighted by Gasteiger charge is 2.70. The Morgan fingerprint density at radius 2 is 1.42 bits per heavy atom. The van der Waals surface area contributed by atoms with Crippen molar-refractivity contribution in [1.82, 2.24) is 10.6 Å². The molecule has 8 nitrogen and oxygen atoms in total. The first kappa shape index (κ1) is 46.0. The second kappa shape index (κ2) is 21.3. The molecule has 4 aliphatic rings. The molecule has 0 heterocycles. The summed E-state index contributed by atoms with van der Waals surface area (Å²) in [4.78, 5) is 27.0. The fourth-order valence-corrected chi connectivity index (χ4v) is 12.4. The average molecular weight is 770 g/mol. The molecule has 55 heavy (non-hydrogen) atoms. The minimum absolute atomic E-state index is 0.0345. The number of hydrogen-bond acceptors (Lipinski definition) is 7. The summed E-state index contributed by atoms with van der Waals surface area (Å²) in [6, 6.07) is 0. The van der Waals surface area contributed by atoms with E-state index in [4.69, 9.17) is 10.5 Å². The van der Waals surface area contributed by atoms with Crippen LogP contribution < -0.4 is 16.4 Å².